The molecule has 5 nitrogen and oxygen atoms in total. The number of amides is 1. The van der Waals surface area contributed by atoms with E-state index in [4.69, 9.17) is 9.84 Å². The number of carbonyl (C=O) groups excluding carboxylic acids is 1. The fraction of sp³-hybridized carbons (Fsp3) is 0.471. The van der Waals surface area contributed by atoms with Crippen molar-refractivity contribution in [2.24, 2.45) is 0 Å². The van der Waals surface area contributed by atoms with Crippen molar-refractivity contribution in [3.8, 4) is 5.75 Å². The number of hydrogen-bond donors (Lipinski definition) is 2. The van der Waals surface area contributed by atoms with Crippen molar-refractivity contribution in [1.29, 1.82) is 0 Å². The largest absolute Gasteiger partial charge is 0.494 e. The molecule has 2 N–H and O–H groups in total. The van der Waals surface area contributed by atoms with Gasteiger partial charge in [-0.15, -0.1) is 0 Å². The van der Waals surface area contributed by atoms with Crippen LogP contribution in [0, 0.1) is 6.92 Å². The molecule has 0 aliphatic rings. The average Bonchev–Trinajstić information content (AvgIpc) is 2.80. The van der Waals surface area contributed by atoms with Crippen molar-refractivity contribution in [3.05, 3.63) is 29.5 Å². The van der Waals surface area contributed by atoms with E-state index in [9.17, 15) is 4.79 Å². The van der Waals surface area contributed by atoms with Gasteiger partial charge in [0.2, 0.25) is 0 Å². The van der Waals surface area contributed by atoms with Gasteiger partial charge in [0.15, 0.2) is 0 Å². The molecule has 0 saturated carbocycles. The van der Waals surface area contributed by atoms with Crippen LogP contribution < -0.4 is 10.1 Å². The molecule has 1 amide bonds. The summed E-state index contributed by atoms with van der Waals surface area (Å²) in [4.78, 5) is 12.5. The number of benzene rings is 1. The highest BCUT2D eigenvalue weighted by atomic mass is 16.5. The third-order valence-electron chi connectivity index (χ3n) is 3.75. The number of fused-ring (bicyclic) bond motifs is 1. The Balaban J connectivity index is 2.44. The van der Waals surface area contributed by atoms with E-state index in [2.05, 4.69) is 5.32 Å². The maximum absolute atomic E-state index is 12.5. The van der Waals surface area contributed by atoms with Crippen LogP contribution in [0.1, 0.15) is 36.3 Å². The highest BCUT2D eigenvalue weighted by Gasteiger charge is 2.19. The lowest BCUT2D eigenvalue weighted by Gasteiger charge is -2.09. The zero-order chi connectivity index (χ0) is 16.1. The number of aromatic nitrogens is 1. The normalized spacial score (nSPS) is 10.9. The number of nitrogens with zero attached hydrogens (tertiary/aromatic N) is 1. The van der Waals surface area contributed by atoms with E-state index in [1.165, 1.54) is 0 Å². The fourth-order valence-electron chi connectivity index (χ4n) is 2.74. The third-order valence-corrected chi connectivity index (χ3v) is 3.75. The van der Waals surface area contributed by atoms with Gasteiger partial charge in [0.1, 0.15) is 11.4 Å². The van der Waals surface area contributed by atoms with E-state index >= 15 is 0 Å². The van der Waals surface area contributed by atoms with Gasteiger partial charge >= 0.3 is 0 Å². The Kier molecular flexibility index (Phi) is 5.44. The highest BCUT2D eigenvalue weighted by molar-refractivity contribution is 6.02. The zero-order valence-electron chi connectivity index (χ0n) is 13.5. The molecular weight excluding hydrogens is 280 g/mol. The molecule has 0 unspecified atom stereocenters. The van der Waals surface area contributed by atoms with Crippen LogP contribution in [0.25, 0.3) is 10.9 Å². The van der Waals surface area contributed by atoms with Crippen molar-refractivity contribution in [2.75, 3.05) is 19.8 Å². The van der Waals surface area contributed by atoms with Gasteiger partial charge in [0, 0.05) is 30.6 Å². The molecule has 0 bridgehead atoms. The minimum Gasteiger partial charge on any atom is -0.494 e. The van der Waals surface area contributed by atoms with Gasteiger partial charge in [-0.25, -0.2) is 0 Å². The second kappa shape index (κ2) is 7.31. The van der Waals surface area contributed by atoms with Crippen LogP contribution in [0.5, 0.6) is 5.75 Å². The van der Waals surface area contributed by atoms with Crippen LogP contribution in [0.3, 0.4) is 0 Å². The van der Waals surface area contributed by atoms with Gasteiger partial charge in [-0.1, -0.05) is 0 Å². The summed E-state index contributed by atoms with van der Waals surface area (Å²) in [5.74, 6) is 0.723. The van der Waals surface area contributed by atoms with E-state index in [1.807, 2.05) is 43.5 Å². The molecule has 0 aliphatic carbocycles. The molecule has 22 heavy (non-hydrogen) atoms. The van der Waals surface area contributed by atoms with Gasteiger partial charge in [0.05, 0.1) is 6.61 Å². The van der Waals surface area contributed by atoms with Crippen LogP contribution in [-0.2, 0) is 6.54 Å². The SMILES string of the molecule is CCOc1ccc2c(c1)c(C)c(C(=O)NCCCO)n2CC. The zero-order valence-corrected chi connectivity index (χ0v) is 13.5. The van der Waals surface area contributed by atoms with Gasteiger partial charge in [-0.3, -0.25) is 4.79 Å². The Hall–Kier alpha value is -2.01. The molecule has 5 heteroatoms. The lowest BCUT2D eigenvalue weighted by Crippen LogP contribution is -2.27. The first kappa shape index (κ1) is 16.4. The molecule has 0 spiro atoms. The number of aryl methyl sites for hydroxylation is 2. The van der Waals surface area contributed by atoms with Crippen molar-refractivity contribution >= 4 is 16.8 Å². The van der Waals surface area contributed by atoms with Crippen molar-refractivity contribution in [3.63, 3.8) is 0 Å². The lowest BCUT2D eigenvalue weighted by atomic mass is 10.1. The van der Waals surface area contributed by atoms with Crippen LogP contribution >= 0.6 is 0 Å². The molecule has 0 saturated heterocycles. The number of aliphatic hydroxyl groups is 1. The van der Waals surface area contributed by atoms with Gasteiger partial charge < -0.3 is 19.7 Å². The lowest BCUT2D eigenvalue weighted by molar-refractivity contribution is 0.0942. The Morgan fingerprint density at radius 1 is 1.36 bits per heavy atom. The van der Waals surface area contributed by atoms with E-state index in [1.54, 1.807) is 0 Å². The van der Waals surface area contributed by atoms with E-state index < -0.39 is 0 Å². The first-order valence-corrected chi connectivity index (χ1v) is 7.78. The fourth-order valence-corrected chi connectivity index (χ4v) is 2.74. The van der Waals surface area contributed by atoms with Crippen molar-refractivity contribution < 1.29 is 14.6 Å². The summed E-state index contributed by atoms with van der Waals surface area (Å²) >= 11 is 0. The summed E-state index contributed by atoms with van der Waals surface area (Å²) in [6.07, 6.45) is 0.561. The molecule has 2 rings (SSSR count). The first-order valence-electron chi connectivity index (χ1n) is 7.78. The maximum atomic E-state index is 12.5. The van der Waals surface area contributed by atoms with Crippen LogP contribution in [0.2, 0.25) is 0 Å². The smallest absolute Gasteiger partial charge is 0.268 e. The topological polar surface area (TPSA) is 63.5 Å². The summed E-state index contributed by atoms with van der Waals surface area (Å²) < 4.78 is 7.58. The highest BCUT2D eigenvalue weighted by Crippen LogP contribution is 2.29. The third kappa shape index (κ3) is 3.09. The second-order valence-corrected chi connectivity index (χ2v) is 5.16. The summed E-state index contributed by atoms with van der Waals surface area (Å²) in [6, 6.07) is 5.93. The Morgan fingerprint density at radius 2 is 2.14 bits per heavy atom. The molecule has 120 valence electrons. The number of carbonyl (C=O) groups is 1. The van der Waals surface area contributed by atoms with Crippen LogP contribution in [-0.4, -0.2) is 35.3 Å². The van der Waals surface area contributed by atoms with E-state index in [0.717, 1.165) is 28.8 Å². The number of ether oxygens (including phenoxy) is 1. The summed E-state index contributed by atoms with van der Waals surface area (Å²) in [6.45, 7) is 7.84. The maximum Gasteiger partial charge on any atom is 0.268 e. The molecule has 0 aliphatic heterocycles. The number of hydrogen-bond acceptors (Lipinski definition) is 3. The molecule has 1 heterocycles. The van der Waals surface area contributed by atoms with Crippen molar-refractivity contribution in [1.82, 2.24) is 9.88 Å². The monoisotopic (exact) mass is 304 g/mol. The van der Waals surface area contributed by atoms with Crippen LogP contribution in [0.4, 0.5) is 0 Å². The molecule has 0 radical (unpaired) electrons. The predicted octanol–water partition coefficient (Wildman–Crippen LogP) is 2.48. The van der Waals surface area contributed by atoms with Crippen LogP contribution in [0.15, 0.2) is 18.2 Å². The predicted molar refractivity (Wildman–Crippen MR) is 87.6 cm³/mol. The van der Waals surface area contributed by atoms with Gasteiger partial charge in [-0.05, 0) is 51.0 Å². The van der Waals surface area contributed by atoms with Gasteiger partial charge in [-0.2, -0.15) is 0 Å². The van der Waals surface area contributed by atoms with E-state index in [-0.39, 0.29) is 12.5 Å². The number of rotatable bonds is 7. The average molecular weight is 304 g/mol. The summed E-state index contributed by atoms with van der Waals surface area (Å²) in [7, 11) is 0. The standard InChI is InChI=1S/C17H24N2O3/c1-4-19-15-8-7-13(22-5-2)11-14(15)12(3)16(19)17(21)18-9-6-10-20/h7-8,11,20H,4-6,9-10H2,1-3H3,(H,18,21). The summed E-state index contributed by atoms with van der Waals surface area (Å²) in [5.41, 5.74) is 2.68. The summed E-state index contributed by atoms with van der Waals surface area (Å²) in [5, 5.41) is 12.7. The molecule has 2 aromatic rings. The molecular formula is C17H24N2O3. The molecule has 1 aromatic heterocycles. The quantitative estimate of drug-likeness (QED) is 0.772. The minimum absolute atomic E-state index is 0.0771. The van der Waals surface area contributed by atoms with Gasteiger partial charge in [0.25, 0.3) is 5.91 Å². The molecule has 0 atom stereocenters. The first-order chi connectivity index (χ1) is 10.6. The number of nitrogens with one attached hydrogen (secondary N) is 1. The second-order valence-electron chi connectivity index (χ2n) is 5.16. The Bertz CT molecular complexity index is 661. The molecule has 1 aromatic carbocycles. The molecule has 0 fully saturated rings. The minimum atomic E-state index is -0.0954. The van der Waals surface area contributed by atoms with E-state index in [0.29, 0.717) is 25.3 Å². The Morgan fingerprint density at radius 3 is 2.77 bits per heavy atom. The number of aliphatic hydroxyl groups excluding tert-OH is 1. The van der Waals surface area contributed by atoms with Crippen molar-refractivity contribution in [2.45, 2.75) is 33.7 Å². The Labute approximate surface area is 130 Å².